The van der Waals surface area contributed by atoms with E-state index in [2.05, 4.69) is 22.5 Å². The third kappa shape index (κ3) is 4.61. The number of thiazole rings is 1. The molecule has 0 radical (unpaired) electrons. The Balaban J connectivity index is 2.17. The first kappa shape index (κ1) is 13.0. The largest absolute Gasteiger partial charge is 0.365 e. The Hall–Kier alpha value is -1.10. The van der Waals surface area contributed by atoms with Crippen LogP contribution in [-0.4, -0.2) is 24.5 Å². The zero-order chi connectivity index (χ0) is 11.8. The predicted octanol–water partition coefficient (Wildman–Crippen LogP) is 2.03. The highest BCUT2D eigenvalue weighted by Crippen LogP contribution is 2.14. The molecule has 0 atom stereocenters. The molecular weight excluding hydrogens is 222 g/mol. The van der Waals surface area contributed by atoms with E-state index in [1.807, 2.05) is 12.4 Å². The van der Waals surface area contributed by atoms with Gasteiger partial charge < -0.3 is 10.6 Å². The van der Waals surface area contributed by atoms with Gasteiger partial charge in [-0.15, -0.1) is 11.3 Å². The Morgan fingerprint density at radius 2 is 2.38 bits per heavy atom. The van der Waals surface area contributed by atoms with E-state index in [0.717, 1.165) is 30.1 Å². The van der Waals surface area contributed by atoms with Gasteiger partial charge in [-0.3, -0.25) is 4.79 Å². The van der Waals surface area contributed by atoms with Gasteiger partial charge in [-0.05, 0) is 6.42 Å². The Bertz CT molecular complexity index is 325. The Morgan fingerprint density at radius 3 is 3.00 bits per heavy atom. The number of hydrogen-bond acceptors (Lipinski definition) is 4. The third-order valence-electron chi connectivity index (χ3n) is 2.23. The summed E-state index contributed by atoms with van der Waals surface area (Å²) in [5.74, 6) is 0.144. The van der Waals surface area contributed by atoms with Crippen LogP contribution in [0.5, 0.6) is 0 Å². The molecule has 1 amide bonds. The molecule has 1 aromatic heterocycles. The van der Waals surface area contributed by atoms with Crippen LogP contribution in [0.15, 0.2) is 5.38 Å². The molecular formula is C11H19N3OS. The molecule has 0 unspecified atom stereocenters. The molecule has 0 aromatic carbocycles. The second-order valence-corrected chi connectivity index (χ2v) is 4.46. The lowest BCUT2D eigenvalue weighted by molar-refractivity contribution is -0.121. The van der Waals surface area contributed by atoms with Gasteiger partial charge in [-0.1, -0.05) is 13.3 Å². The molecule has 0 fully saturated rings. The number of aromatic nitrogens is 1. The van der Waals surface area contributed by atoms with Crippen molar-refractivity contribution < 1.29 is 4.79 Å². The zero-order valence-corrected chi connectivity index (χ0v) is 10.7. The fourth-order valence-corrected chi connectivity index (χ4v) is 2.00. The minimum absolute atomic E-state index is 0.144. The van der Waals surface area contributed by atoms with Crippen LogP contribution >= 0.6 is 11.3 Å². The summed E-state index contributed by atoms with van der Waals surface area (Å²) in [4.78, 5) is 15.7. The van der Waals surface area contributed by atoms with E-state index in [-0.39, 0.29) is 5.91 Å². The zero-order valence-electron chi connectivity index (χ0n) is 9.88. The van der Waals surface area contributed by atoms with Gasteiger partial charge in [0.1, 0.15) is 0 Å². The van der Waals surface area contributed by atoms with Gasteiger partial charge in [0.05, 0.1) is 5.69 Å². The van der Waals surface area contributed by atoms with Crippen LogP contribution in [-0.2, 0) is 11.2 Å². The Kier molecular flexibility index (Phi) is 5.85. The average Bonchev–Trinajstić information content (AvgIpc) is 2.74. The van der Waals surface area contributed by atoms with Crippen LogP contribution in [0.1, 0.15) is 31.9 Å². The Morgan fingerprint density at radius 1 is 1.56 bits per heavy atom. The molecule has 5 heteroatoms. The van der Waals surface area contributed by atoms with Crippen molar-refractivity contribution in [1.82, 2.24) is 10.3 Å². The number of nitrogens with zero attached hydrogens (tertiary/aromatic N) is 1. The second-order valence-electron chi connectivity index (χ2n) is 3.60. The van der Waals surface area contributed by atoms with Crippen molar-refractivity contribution in [1.29, 1.82) is 0 Å². The molecule has 1 heterocycles. The van der Waals surface area contributed by atoms with Crippen molar-refractivity contribution in [3.8, 4) is 0 Å². The van der Waals surface area contributed by atoms with Gasteiger partial charge >= 0.3 is 0 Å². The van der Waals surface area contributed by atoms with Gasteiger partial charge in [-0.25, -0.2) is 4.98 Å². The molecule has 0 spiro atoms. The summed E-state index contributed by atoms with van der Waals surface area (Å²) in [5, 5.41) is 8.83. The van der Waals surface area contributed by atoms with Gasteiger partial charge in [0.2, 0.25) is 5.91 Å². The number of unbranched alkanes of at least 4 members (excludes halogenated alkanes) is 1. The summed E-state index contributed by atoms with van der Waals surface area (Å²) < 4.78 is 0. The maximum absolute atomic E-state index is 11.3. The molecule has 1 rings (SSSR count). The van der Waals surface area contributed by atoms with E-state index in [4.69, 9.17) is 0 Å². The standard InChI is InChI=1S/C11H19N3OS/c1-3-4-5-10(15)13-7-6-9-8-16-11(12-2)14-9/h8H,3-7H2,1-2H3,(H,12,14)(H,13,15). The van der Waals surface area contributed by atoms with Gasteiger partial charge in [0.15, 0.2) is 5.13 Å². The average molecular weight is 241 g/mol. The first-order chi connectivity index (χ1) is 7.76. The highest BCUT2D eigenvalue weighted by molar-refractivity contribution is 7.13. The van der Waals surface area contributed by atoms with E-state index in [0.29, 0.717) is 13.0 Å². The van der Waals surface area contributed by atoms with E-state index >= 15 is 0 Å². The first-order valence-electron chi connectivity index (χ1n) is 5.65. The van der Waals surface area contributed by atoms with Crippen LogP contribution in [0, 0.1) is 0 Å². The highest BCUT2D eigenvalue weighted by Gasteiger charge is 2.02. The lowest BCUT2D eigenvalue weighted by atomic mass is 10.2. The minimum atomic E-state index is 0.144. The Labute approximate surface area is 100 Å². The maximum atomic E-state index is 11.3. The van der Waals surface area contributed by atoms with Crippen molar-refractivity contribution in [3.05, 3.63) is 11.1 Å². The van der Waals surface area contributed by atoms with Crippen LogP contribution in [0.3, 0.4) is 0 Å². The first-order valence-corrected chi connectivity index (χ1v) is 6.53. The van der Waals surface area contributed by atoms with E-state index in [1.165, 1.54) is 0 Å². The summed E-state index contributed by atoms with van der Waals surface area (Å²) in [6.07, 6.45) is 3.46. The van der Waals surface area contributed by atoms with E-state index < -0.39 is 0 Å². The molecule has 2 N–H and O–H groups in total. The number of rotatable bonds is 7. The van der Waals surface area contributed by atoms with Crippen molar-refractivity contribution >= 4 is 22.4 Å². The lowest BCUT2D eigenvalue weighted by Gasteiger charge is -2.02. The van der Waals surface area contributed by atoms with Crippen molar-refractivity contribution in [3.63, 3.8) is 0 Å². The smallest absolute Gasteiger partial charge is 0.220 e. The van der Waals surface area contributed by atoms with Crippen molar-refractivity contribution in [2.45, 2.75) is 32.6 Å². The van der Waals surface area contributed by atoms with Crippen molar-refractivity contribution in [2.24, 2.45) is 0 Å². The molecule has 1 aromatic rings. The van der Waals surface area contributed by atoms with Gasteiger partial charge in [0, 0.05) is 31.8 Å². The molecule has 4 nitrogen and oxygen atoms in total. The molecule has 0 bridgehead atoms. The summed E-state index contributed by atoms with van der Waals surface area (Å²) in [6, 6.07) is 0. The monoisotopic (exact) mass is 241 g/mol. The maximum Gasteiger partial charge on any atom is 0.220 e. The minimum Gasteiger partial charge on any atom is -0.365 e. The fraction of sp³-hybridized carbons (Fsp3) is 0.636. The number of hydrogen-bond donors (Lipinski definition) is 2. The van der Waals surface area contributed by atoms with Gasteiger partial charge in [-0.2, -0.15) is 0 Å². The van der Waals surface area contributed by atoms with Crippen LogP contribution < -0.4 is 10.6 Å². The molecule has 0 saturated heterocycles. The van der Waals surface area contributed by atoms with Crippen LogP contribution in [0.25, 0.3) is 0 Å². The number of anilines is 1. The van der Waals surface area contributed by atoms with E-state index in [9.17, 15) is 4.79 Å². The predicted molar refractivity (Wildman–Crippen MR) is 67.9 cm³/mol. The fourth-order valence-electron chi connectivity index (χ4n) is 1.29. The SMILES string of the molecule is CCCCC(=O)NCCc1csc(NC)n1. The number of amides is 1. The normalized spacial score (nSPS) is 10.1. The summed E-state index contributed by atoms with van der Waals surface area (Å²) in [5.41, 5.74) is 1.03. The molecule has 0 aliphatic heterocycles. The topological polar surface area (TPSA) is 54.0 Å². The quantitative estimate of drug-likeness (QED) is 0.768. The summed E-state index contributed by atoms with van der Waals surface area (Å²) in [6.45, 7) is 2.76. The number of carbonyl (C=O) groups excluding carboxylic acids is 1. The number of nitrogens with one attached hydrogen (secondary N) is 2. The van der Waals surface area contributed by atoms with Crippen LogP contribution in [0.4, 0.5) is 5.13 Å². The summed E-state index contributed by atoms with van der Waals surface area (Å²) >= 11 is 1.59. The molecule has 16 heavy (non-hydrogen) atoms. The van der Waals surface area contributed by atoms with Crippen molar-refractivity contribution in [2.75, 3.05) is 18.9 Å². The molecule has 0 aliphatic carbocycles. The lowest BCUT2D eigenvalue weighted by Crippen LogP contribution is -2.25. The van der Waals surface area contributed by atoms with Crippen LogP contribution in [0.2, 0.25) is 0 Å². The number of carbonyl (C=O) groups is 1. The van der Waals surface area contributed by atoms with Gasteiger partial charge in [0.25, 0.3) is 0 Å². The molecule has 90 valence electrons. The summed E-state index contributed by atoms with van der Waals surface area (Å²) in [7, 11) is 1.86. The highest BCUT2D eigenvalue weighted by atomic mass is 32.1. The second kappa shape index (κ2) is 7.22. The third-order valence-corrected chi connectivity index (χ3v) is 3.13. The van der Waals surface area contributed by atoms with E-state index in [1.54, 1.807) is 11.3 Å². The molecule has 0 saturated carbocycles. The molecule has 0 aliphatic rings.